The Bertz CT molecular complexity index is 1080. The first kappa shape index (κ1) is 19.2. The van der Waals surface area contributed by atoms with Gasteiger partial charge in [-0.2, -0.15) is 0 Å². The van der Waals surface area contributed by atoms with Gasteiger partial charge in [-0.25, -0.2) is 0 Å². The standard InChI is InChI=1S/C23H25N3O3/c1-14-6-5-7-17-10-18(15(2)25-22(14)17)23(27)24-12-19(26(3)4)16-8-9-20-21(11-16)29-13-28-20/h5-11,19H,12-13H2,1-4H3,(H,24,27). The lowest BCUT2D eigenvalue weighted by Crippen LogP contribution is -2.35. The van der Waals surface area contributed by atoms with Crippen molar-refractivity contribution < 1.29 is 14.3 Å². The number of hydrogen-bond donors (Lipinski definition) is 1. The third-order valence-electron chi connectivity index (χ3n) is 5.34. The molecular weight excluding hydrogens is 366 g/mol. The van der Waals surface area contributed by atoms with Crippen molar-refractivity contribution in [1.29, 1.82) is 0 Å². The first-order chi connectivity index (χ1) is 13.9. The smallest absolute Gasteiger partial charge is 0.253 e. The molecule has 0 radical (unpaired) electrons. The van der Waals surface area contributed by atoms with Crippen LogP contribution in [-0.4, -0.2) is 43.2 Å². The molecule has 29 heavy (non-hydrogen) atoms. The topological polar surface area (TPSA) is 63.7 Å². The predicted molar refractivity (Wildman–Crippen MR) is 113 cm³/mol. The molecule has 0 fully saturated rings. The van der Waals surface area contributed by atoms with Crippen molar-refractivity contribution >= 4 is 16.8 Å². The summed E-state index contributed by atoms with van der Waals surface area (Å²) in [5.41, 5.74) is 4.43. The largest absolute Gasteiger partial charge is 0.454 e. The number of para-hydroxylation sites is 1. The van der Waals surface area contributed by atoms with Crippen molar-refractivity contribution in [3.05, 3.63) is 64.8 Å². The number of likely N-dealkylation sites (N-methyl/N-ethyl adjacent to an activating group) is 1. The normalized spacial score (nSPS) is 13.7. The molecule has 0 aliphatic carbocycles. The van der Waals surface area contributed by atoms with Crippen LogP contribution < -0.4 is 14.8 Å². The third kappa shape index (κ3) is 3.76. The second-order valence-electron chi connectivity index (χ2n) is 7.57. The van der Waals surface area contributed by atoms with Crippen LogP contribution in [0.2, 0.25) is 0 Å². The van der Waals surface area contributed by atoms with Crippen LogP contribution >= 0.6 is 0 Å². The van der Waals surface area contributed by atoms with Gasteiger partial charge in [0.25, 0.3) is 5.91 Å². The summed E-state index contributed by atoms with van der Waals surface area (Å²) in [4.78, 5) is 19.7. The molecule has 2 aromatic carbocycles. The van der Waals surface area contributed by atoms with Gasteiger partial charge in [-0.05, 0) is 57.3 Å². The number of benzene rings is 2. The van der Waals surface area contributed by atoms with Gasteiger partial charge in [0.05, 0.1) is 22.8 Å². The molecular formula is C23H25N3O3. The van der Waals surface area contributed by atoms with Gasteiger partial charge in [0, 0.05) is 11.9 Å². The van der Waals surface area contributed by atoms with E-state index in [1.165, 1.54) is 0 Å². The quantitative estimate of drug-likeness (QED) is 0.720. The zero-order valence-corrected chi connectivity index (χ0v) is 17.2. The van der Waals surface area contributed by atoms with Gasteiger partial charge in [-0.1, -0.05) is 24.3 Å². The Balaban J connectivity index is 1.54. The Labute approximate surface area is 170 Å². The fourth-order valence-electron chi connectivity index (χ4n) is 3.67. The lowest BCUT2D eigenvalue weighted by Gasteiger charge is -2.25. The van der Waals surface area contributed by atoms with E-state index in [-0.39, 0.29) is 18.7 Å². The van der Waals surface area contributed by atoms with Crippen molar-refractivity contribution in [2.45, 2.75) is 19.9 Å². The van der Waals surface area contributed by atoms with Crippen molar-refractivity contribution in [2.24, 2.45) is 0 Å². The molecule has 1 amide bonds. The van der Waals surface area contributed by atoms with E-state index in [1.54, 1.807) is 0 Å². The van der Waals surface area contributed by atoms with E-state index in [0.717, 1.165) is 39.2 Å². The average Bonchev–Trinajstić information content (AvgIpc) is 3.16. The highest BCUT2D eigenvalue weighted by Crippen LogP contribution is 2.35. The Morgan fingerprint density at radius 2 is 1.93 bits per heavy atom. The highest BCUT2D eigenvalue weighted by Gasteiger charge is 2.21. The number of carbonyl (C=O) groups excluding carboxylic acids is 1. The van der Waals surface area contributed by atoms with Gasteiger partial charge in [0.2, 0.25) is 6.79 Å². The van der Waals surface area contributed by atoms with E-state index in [2.05, 4.69) is 15.2 Å². The molecule has 0 saturated carbocycles. The van der Waals surface area contributed by atoms with E-state index < -0.39 is 0 Å². The van der Waals surface area contributed by atoms with Crippen LogP contribution in [0, 0.1) is 13.8 Å². The number of amides is 1. The summed E-state index contributed by atoms with van der Waals surface area (Å²) < 4.78 is 10.9. The summed E-state index contributed by atoms with van der Waals surface area (Å²) in [7, 11) is 3.99. The van der Waals surface area contributed by atoms with Crippen LogP contribution in [0.5, 0.6) is 11.5 Å². The van der Waals surface area contributed by atoms with E-state index in [4.69, 9.17) is 9.47 Å². The maximum Gasteiger partial charge on any atom is 0.253 e. The molecule has 1 aromatic heterocycles. The number of aryl methyl sites for hydroxylation is 2. The van der Waals surface area contributed by atoms with Crippen molar-refractivity contribution in [3.63, 3.8) is 0 Å². The molecule has 2 heterocycles. The monoisotopic (exact) mass is 391 g/mol. The van der Waals surface area contributed by atoms with Gasteiger partial charge in [-0.15, -0.1) is 0 Å². The molecule has 4 rings (SSSR count). The Kier molecular flexibility index (Phi) is 5.11. The zero-order chi connectivity index (χ0) is 20.5. The number of carbonyl (C=O) groups is 1. The first-order valence-corrected chi connectivity index (χ1v) is 9.65. The van der Waals surface area contributed by atoms with Crippen molar-refractivity contribution in [1.82, 2.24) is 15.2 Å². The number of rotatable bonds is 5. The molecule has 0 bridgehead atoms. The van der Waals surface area contributed by atoms with Crippen LogP contribution in [0.25, 0.3) is 10.9 Å². The number of aromatic nitrogens is 1. The van der Waals surface area contributed by atoms with Gasteiger partial charge in [0.1, 0.15) is 0 Å². The number of fused-ring (bicyclic) bond motifs is 2. The summed E-state index contributed by atoms with van der Waals surface area (Å²) in [6.45, 7) is 4.62. The fraction of sp³-hybridized carbons (Fsp3) is 0.304. The molecule has 150 valence electrons. The molecule has 1 aliphatic rings. The predicted octanol–water partition coefficient (Wildman–Crippen LogP) is 3.61. The van der Waals surface area contributed by atoms with Crippen LogP contribution in [0.4, 0.5) is 0 Å². The minimum absolute atomic E-state index is 0.00409. The third-order valence-corrected chi connectivity index (χ3v) is 5.34. The van der Waals surface area contributed by atoms with Gasteiger partial charge in [0.15, 0.2) is 11.5 Å². The fourth-order valence-corrected chi connectivity index (χ4v) is 3.67. The molecule has 1 unspecified atom stereocenters. The van der Waals surface area contributed by atoms with Gasteiger partial charge >= 0.3 is 0 Å². The van der Waals surface area contributed by atoms with E-state index in [1.807, 2.05) is 70.4 Å². The minimum Gasteiger partial charge on any atom is -0.454 e. The molecule has 6 nitrogen and oxygen atoms in total. The number of pyridine rings is 1. The van der Waals surface area contributed by atoms with E-state index in [0.29, 0.717) is 12.1 Å². The molecule has 1 aliphatic heterocycles. The average molecular weight is 391 g/mol. The molecule has 1 N–H and O–H groups in total. The molecule has 3 aromatic rings. The number of nitrogens with zero attached hydrogens (tertiary/aromatic N) is 2. The van der Waals surface area contributed by atoms with Crippen molar-refractivity contribution in [2.75, 3.05) is 27.4 Å². The Morgan fingerprint density at radius 3 is 2.72 bits per heavy atom. The second-order valence-corrected chi connectivity index (χ2v) is 7.57. The zero-order valence-electron chi connectivity index (χ0n) is 17.2. The first-order valence-electron chi connectivity index (χ1n) is 9.65. The number of nitrogens with one attached hydrogen (secondary N) is 1. The Morgan fingerprint density at radius 1 is 1.14 bits per heavy atom. The lowest BCUT2D eigenvalue weighted by molar-refractivity contribution is 0.0941. The molecule has 1 atom stereocenters. The number of hydrogen-bond acceptors (Lipinski definition) is 5. The summed E-state index contributed by atoms with van der Waals surface area (Å²) in [6, 6.07) is 13.8. The number of ether oxygens (including phenoxy) is 2. The second kappa shape index (κ2) is 7.72. The van der Waals surface area contributed by atoms with Crippen LogP contribution in [0.3, 0.4) is 0 Å². The van der Waals surface area contributed by atoms with Crippen LogP contribution in [0.15, 0.2) is 42.5 Å². The maximum atomic E-state index is 12.9. The lowest BCUT2D eigenvalue weighted by atomic mass is 10.0. The molecule has 0 saturated heterocycles. The summed E-state index contributed by atoms with van der Waals surface area (Å²) in [5, 5.41) is 4.05. The Hall–Kier alpha value is -3.12. The summed E-state index contributed by atoms with van der Waals surface area (Å²) >= 11 is 0. The van der Waals surface area contributed by atoms with Crippen LogP contribution in [0.1, 0.15) is 33.2 Å². The van der Waals surface area contributed by atoms with E-state index in [9.17, 15) is 4.79 Å². The molecule has 0 spiro atoms. The van der Waals surface area contributed by atoms with Gasteiger partial charge < -0.3 is 19.7 Å². The van der Waals surface area contributed by atoms with Crippen molar-refractivity contribution in [3.8, 4) is 11.5 Å². The van der Waals surface area contributed by atoms with Crippen LogP contribution in [-0.2, 0) is 0 Å². The summed E-state index contributed by atoms with van der Waals surface area (Å²) in [5.74, 6) is 1.38. The SMILES string of the molecule is Cc1nc2c(C)cccc2cc1C(=O)NCC(c1ccc2c(c1)OCO2)N(C)C. The highest BCUT2D eigenvalue weighted by molar-refractivity contribution is 5.99. The molecule has 6 heteroatoms. The minimum atomic E-state index is -0.119. The summed E-state index contributed by atoms with van der Waals surface area (Å²) in [6.07, 6.45) is 0. The maximum absolute atomic E-state index is 12.9. The van der Waals surface area contributed by atoms with E-state index >= 15 is 0 Å². The van der Waals surface area contributed by atoms with Gasteiger partial charge in [-0.3, -0.25) is 9.78 Å². The highest BCUT2D eigenvalue weighted by atomic mass is 16.7.